The molecule has 1 aliphatic rings. The zero-order valence-electron chi connectivity index (χ0n) is 8.08. The van der Waals surface area contributed by atoms with E-state index in [1.807, 2.05) is 0 Å². The van der Waals surface area contributed by atoms with Gasteiger partial charge in [0.15, 0.2) is 11.5 Å². The van der Waals surface area contributed by atoms with Crippen LogP contribution in [-0.2, 0) is 11.3 Å². The van der Waals surface area contributed by atoms with Crippen molar-refractivity contribution in [2.75, 3.05) is 0 Å². The Morgan fingerprint density at radius 3 is 2.69 bits per heavy atom. The number of aryl methyl sites for hydroxylation is 1. The Bertz CT molecular complexity index is 490. The molecule has 0 saturated heterocycles. The molecule has 84 valence electrons. The van der Waals surface area contributed by atoms with Gasteiger partial charge in [0, 0.05) is 12.6 Å². The van der Waals surface area contributed by atoms with Gasteiger partial charge in [-0.1, -0.05) is 0 Å². The molecule has 1 aliphatic heterocycles. The van der Waals surface area contributed by atoms with Gasteiger partial charge in [-0.25, -0.2) is 4.79 Å². The standard InChI is InChI=1S/C9H8N2O5/c12-7-4(8(13)14)1-2-11-6(7)3-5(10-11)9(15)16/h3-4H,1-2H2,(H,13,14)(H,15,16). The third-order valence-electron chi connectivity index (χ3n) is 2.50. The first-order chi connectivity index (χ1) is 7.50. The summed E-state index contributed by atoms with van der Waals surface area (Å²) < 4.78 is 1.24. The minimum atomic E-state index is -1.23. The first kappa shape index (κ1) is 10.3. The molecule has 0 bridgehead atoms. The number of carbonyl (C=O) groups is 3. The van der Waals surface area contributed by atoms with E-state index in [-0.39, 0.29) is 24.4 Å². The highest BCUT2D eigenvalue weighted by molar-refractivity contribution is 6.08. The quantitative estimate of drug-likeness (QED) is 0.677. The largest absolute Gasteiger partial charge is 0.481 e. The van der Waals surface area contributed by atoms with Crippen molar-refractivity contribution < 1.29 is 24.6 Å². The average molecular weight is 224 g/mol. The van der Waals surface area contributed by atoms with Crippen molar-refractivity contribution in [1.29, 1.82) is 0 Å². The van der Waals surface area contributed by atoms with Gasteiger partial charge >= 0.3 is 11.9 Å². The summed E-state index contributed by atoms with van der Waals surface area (Å²) in [4.78, 5) is 33.0. The first-order valence-electron chi connectivity index (χ1n) is 4.59. The molecule has 1 atom stereocenters. The van der Waals surface area contributed by atoms with Crippen LogP contribution in [0.2, 0.25) is 0 Å². The van der Waals surface area contributed by atoms with Crippen LogP contribution in [-0.4, -0.2) is 37.7 Å². The highest BCUT2D eigenvalue weighted by Crippen LogP contribution is 2.21. The number of carbonyl (C=O) groups excluding carboxylic acids is 1. The second kappa shape index (κ2) is 3.44. The van der Waals surface area contributed by atoms with Crippen LogP contribution in [0.15, 0.2) is 6.07 Å². The van der Waals surface area contributed by atoms with Crippen LogP contribution in [0.1, 0.15) is 27.4 Å². The van der Waals surface area contributed by atoms with Crippen LogP contribution in [0.25, 0.3) is 0 Å². The number of carboxylic acid groups (broad SMARTS) is 2. The molecule has 7 nitrogen and oxygen atoms in total. The maximum absolute atomic E-state index is 11.7. The summed E-state index contributed by atoms with van der Waals surface area (Å²) >= 11 is 0. The fourth-order valence-corrected chi connectivity index (χ4v) is 1.69. The number of aliphatic carboxylic acids is 1. The third kappa shape index (κ3) is 1.46. The van der Waals surface area contributed by atoms with E-state index in [4.69, 9.17) is 10.2 Å². The Morgan fingerprint density at radius 2 is 2.12 bits per heavy atom. The molecular weight excluding hydrogens is 216 g/mol. The maximum atomic E-state index is 11.7. The Morgan fingerprint density at radius 1 is 1.44 bits per heavy atom. The number of aromatic nitrogens is 2. The Kier molecular flexibility index (Phi) is 2.22. The Labute approximate surface area is 89.3 Å². The van der Waals surface area contributed by atoms with E-state index in [0.717, 1.165) is 6.07 Å². The maximum Gasteiger partial charge on any atom is 0.356 e. The smallest absolute Gasteiger partial charge is 0.356 e. The minimum Gasteiger partial charge on any atom is -0.481 e. The average Bonchev–Trinajstić information content (AvgIpc) is 2.62. The highest BCUT2D eigenvalue weighted by Gasteiger charge is 2.34. The lowest BCUT2D eigenvalue weighted by molar-refractivity contribution is -0.140. The van der Waals surface area contributed by atoms with Crippen LogP contribution in [0.4, 0.5) is 0 Å². The summed E-state index contributed by atoms with van der Waals surface area (Å²) in [5.41, 5.74) is -0.189. The lowest BCUT2D eigenvalue weighted by Crippen LogP contribution is -2.32. The third-order valence-corrected chi connectivity index (χ3v) is 2.50. The Balaban J connectivity index is 2.41. The monoisotopic (exact) mass is 224 g/mol. The second-order valence-corrected chi connectivity index (χ2v) is 3.49. The van der Waals surface area contributed by atoms with Crippen LogP contribution in [0, 0.1) is 5.92 Å². The van der Waals surface area contributed by atoms with Gasteiger partial charge in [-0.05, 0) is 6.42 Å². The normalized spacial score (nSPS) is 19.2. The number of ketones is 1. The van der Waals surface area contributed by atoms with E-state index in [9.17, 15) is 14.4 Å². The molecule has 0 saturated carbocycles. The topological polar surface area (TPSA) is 109 Å². The van der Waals surface area contributed by atoms with Crippen LogP contribution < -0.4 is 0 Å². The molecule has 0 aromatic carbocycles. The van der Waals surface area contributed by atoms with Gasteiger partial charge in [-0.3, -0.25) is 14.3 Å². The summed E-state index contributed by atoms with van der Waals surface area (Å²) in [7, 11) is 0. The molecule has 2 rings (SSSR count). The molecule has 0 radical (unpaired) electrons. The number of nitrogens with zero attached hydrogens (tertiary/aromatic N) is 2. The van der Waals surface area contributed by atoms with Crippen molar-refractivity contribution >= 4 is 17.7 Å². The summed E-state index contributed by atoms with van der Waals surface area (Å²) in [6, 6.07) is 1.11. The molecule has 1 aromatic rings. The van der Waals surface area contributed by atoms with Gasteiger partial charge in [0.1, 0.15) is 11.6 Å². The number of hydrogen-bond acceptors (Lipinski definition) is 4. The van der Waals surface area contributed by atoms with Crippen LogP contribution >= 0.6 is 0 Å². The summed E-state index contributed by atoms with van der Waals surface area (Å²) in [6.45, 7) is 0.241. The van der Waals surface area contributed by atoms with Gasteiger partial charge in [0.2, 0.25) is 0 Å². The van der Waals surface area contributed by atoms with Crippen molar-refractivity contribution in [1.82, 2.24) is 9.78 Å². The molecule has 16 heavy (non-hydrogen) atoms. The van der Waals surface area contributed by atoms with Gasteiger partial charge in [-0.2, -0.15) is 5.10 Å². The van der Waals surface area contributed by atoms with Gasteiger partial charge in [0.05, 0.1) is 0 Å². The van der Waals surface area contributed by atoms with E-state index >= 15 is 0 Å². The van der Waals surface area contributed by atoms with Crippen LogP contribution in [0.3, 0.4) is 0 Å². The van der Waals surface area contributed by atoms with Crippen molar-refractivity contribution in [2.45, 2.75) is 13.0 Å². The van der Waals surface area contributed by atoms with E-state index in [0.29, 0.717) is 0 Å². The fraction of sp³-hybridized carbons (Fsp3) is 0.333. The SMILES string of the molecule is O=C(O)c1cc2n(n1)CCC(C(=O)O)C2=O. The molecule has 0 amide bonds. The molecule has 7 heteroatoms. The Hall–Kier alpha value is -2.18. The molecule has 0 spiro atoms. The zero-order valence-corrected chi connectivity index (χ0v) is 8.08. The molecule has 1 aromatic heterocycles. The minimum absolute atomic E-state index is 0.0519. The molecule has 0 aliphatic carbocycles. The van der Waals surface area contributed by atoms with Gasteiger partial charge in [0.25, 0.3) is 0 Å². The zero-order chi connectivity index (χ0) is 11.9. The lowest BCUT2D eigenvalue weighted by atomic mass is 9.95. The van der Waals surface area contributed by atoms with Gasteiger partial charge in [-0.15, -0.1) is 0 Å². The fourth-order valence-electron chi connectivity index (χ4n) is 1.69. The molecular formula is C9H8N2O5. The molecule has 1 unspecified atom stereocenters. The predicted octanol–water partition coefficient (Wildman–Crippen LogP) is -0.132. The number of Topliss-reactive ketones (excluding diaryl/α,β-unsaturated/α-hetero) is 1. The van der Waals surface area contributed by atoms with Crippen molar-refractivity contribution in [3.05, 3.63) is 17.5 Å². The number of rotatable bonds is 2. The van der Waals surface area contributed by atoms with Crippen LogP contribution in [0.5, 0.6) is 0 Å². The second-order valence-electron chi connectivity index (χ2n) is 3.49. The van der Waals surface area contributed by atoms with E-state index in [1.165, 1.54) is 4.68 Å². The van der Waals surface area contributed by atoms with E-state index in [2.05, 4.69) is 5.10 Å². The number of aromatic carboxylic acids is 1. The summed E-state index contributed by atoms with van der Waals surface area (Å²) in [5.74, 6) is -4.10. The molecule has 2 N–H and O–H groups in total. The van der Waals surface area contributed by atoms with Crippen molar-refractivity contribution in [3.63, 3.8) is 0 Å². The highest BCUT2D eigenvalue weighted by atomic mass is 16.4. The predicted molar refractivity (Wildman–Crippen MR) is 49.3 cm³/mol. The van der Waals surface area contributed by atoms with Crippen molar-refractivity contribution in [2.24, 2.45) is 5.92 Å². The molecule has 0 fully saturated rings. The van der Waals surface area contributed by atoms with Crippen molar-refractivity contribution in [3.8, 4) is 0 Å². The molecule has 2 heterocycles. The first-order valence-corrected chi connectivity index (χ1v) is 4.59. The summed E-state index contributed by atoms with van der Waals surface area (Å²) in [5, 5.41) is 21.2. The lowest BCUT2D eigenvalue weighted by Gasteiger charge is -2.17. The van der Waals surface area contributed by atoms with E-state index < -0.39 is 23.6 Å². The van der Waals surface area contributed by atoms with E-state index in [1.54, 1.807) is 0 Å². The number of fused-ring (bicyclic) bond motifs is 1. The number of hydrogen-bond donors (Lipinski definition) is 2. The summed E-state index contributed by atoms with van der Waals surface area (Å²) in [6.07, 6.45) is 0.141. The number of carboxylic acids is 2. The van der Waals surface area contributed by atoms with Gasteiger partial charge < -0.3 is 10.2 Å².